The van der Waals surface area contributed by atoms with Crippen molar-refractivity contribution in [2.24, 2.45) is 17.8 Å². The number of hydrogen-bond donors (Lipinski definition) is 1. The zero-order chi connectivity index (χ0) is 40.6. The van der Waals surface area contributed by atoms with Gasteiger partial charge >= 0.3 is 18.3 Å². The van der Waals surface area contributed by atoms with E-state index in [1.54, 1.807) is 46.3 Å². The summed E-state index contributed by atoms with van der Waals surface area (Å²) in [5.41, 5.74) is 8.09. The molecule has 5 rings (SSSR count). The van der Waals surface area contributed by atoms with Crippen molar-refractivity contribution in [2.75, 3.05) is 6.61 Å². The zero-order valence-electron chi connectivity index (χ0n) is 31.2. The van der Waals surface area contributed by atoms with E-state index in [4.69, 9.17) is 15.2 Å². The molecular formula is C41H44F6N4O4. The lowest BCUT2D eigenvalue weighted by atomic mass is 10.0. The van der Waals surface area contributed by atoms with Gasteiger partial charge in [0.25, 0.3) is 5.56 Å². The minimum Gasteiger partial charge on any atom is -0.492 e. The highest BCUT2D eigenvalue weighted by atomic mass is 19.4. The molecule has 0 aliphatic rings. The number of nitrogens with two attached hydrogens (primary N) is 1. The standard InChI is InChI=1S/C22H24F3NO2.C19H20F3N3O2/c1-21(2,3)28-20(27)18(14-15-22(23,24)25)26-19(16-10-6-4-7-11-16)17-12-8-5-9-13-17;1-11-7-14-13-4-6-24-9-16(13)25(2)18(26)15(14)8-17(11)27-10-12(23)3-5-19(20,21)22/h4-13,18H,14-15H2,1-3H3;4,6-9,12H,3,5,10,23H2,1-2H3. The van der Waals surface area contributed by atoms with E-state index in [2.05, 4.69) is 9.98 Å². The molecule has 14 heteroatoms. The second kappa shape index (κ2) is 17.9. The first-order chi connectivity index (χ1) is 25.7. The van der Waals surface area contributed by atoms with Crippen LogP contribution in [0.5, 0.6) is 5.75 Å². The summed E-state index contributed by atoms with van der Waals surface area (Å²) in [4.78, 5) is 33.8. The van der Waals surface area contributed by atoms with Crippen LogP contribution in [0.25, 0.3) is 21.7 Å². The van der Waals surface area contributed by atoms with Crippen molar-refractivity contribution < 1.29 is 40.6 Å². The topological polar surface area (TPSA) is 109 Å². The number of fused-ring (bicyclic) bond motifs is 3. The number of halogens is 6. The molecule has 0 aliphatic carbocycles. The number of ether oxygens (including phenoxy) is 2. The van der Waals surface area contributed by atoms with Crippen molar-refractivity contribution in [2.45, 2.75) is 83.4 Å². The third kappa shape index (κ3) is 12.7. The van der Waals surface area contributed by atoms with Crippen LogP contribution >= 0.6 is 0 Å². The number of aryl methyl sites for hydroxylation is 2. The minimum absolute atomic E-state index is 0.0553. The number of alkyl halides is 6. The molecule has 0 spiro atoms. The fourth-order valence-electron chi connectivity index (χ4n) is 5.61. The number of aromatic nitrogens is 2. The van der Waals surface area contributed by atoms with Gasteiger partial charge in [0.1, 0.15) is 24.0 Å². The highest BCUT2D eigenvalue weighted by Gasteiger charge is 2.33. The molecule has 0 saturated heterocycles. The van der Waals surface area contributed by atoms with Crippen molar-refractivity contribution in [1.82, 2.24) is 9.55 Å². The van der Waals surface area contributed by atoms with Crippen LogP contribution in [0.3, 0.4) is 0 Å². The summed E-state index contributed by atoms with van der Waals surface area (Å²) in [5, 5.41) is 2.14. The molecule has 2 unspecified atom stereocenters. The second-order valence-electron chi connectivity index (χ2n) is 14.1. The number of nitrogens with zero attached hydrogens (tertiary/aromatic N) is 3. The van der Waals surface area contributed by atoms with E-state index in [1.165, 1.54) is 4.57 Å². The van der Waals surface area contributed by atoms with Crippen LogP contribution in [0, 0.1) is 6.92 Å². The predicted molar refractivity (Wildman–Crippen MR) is 201 cm³/mol. The highest BCUT2D eigenvalue weighted by Crippen LogP contribution is 2.30. The maximum atomic E-state index is 12.8. The van der Waals surface area contributed by atoms with Crippen LogP contribution in [0.1, 0.15) is 63.1 Å². The Labute approximate surface area is 315 Å². The number of hydrogen-bond acceptors (Lipinski definition) is 7. The summed E-state index contributed by atoms with van der Waals surface area (Å²) < 4.78 is 87.7. The third-order valence-corrected chi connectivity index (χ3v) is 8.31. The Morgan fingerprint density at radius 3 is 1.95 bits per heavy atom. The Morgan fingerprint density at radius 2 is 1.40 bits per heavy atom. The van der Waals surface area contributed by atoms with Gasteiger partial charge in [-0.3, -0.25) is 14.8 Å². The lowest BCUT2D eigenvalue weighted by Gasteiger charge is -2.23. The minimum atomic E-state index is -4.38. The fraction of sp³-hybridized carbons (Fsp3) is 0.366. The summed E-state index contributed by atoms with van der Waals surface area (Å²) in [7, 11) is 1.67. The molecule has 0 bridgehead atoms. The van der Waals surface area contributed by atoms with Crippen molar-refractivity contribution in [3.8, 4) is 5.75 Å². The normalized spacial score (nSPS) is 13.1. The summed E-state index contributed by atoms with van der Waals surface area (Å²) in [6, 6.07) is 21.5. The maximum Gasteiger partial charge on any atom is 0.389 e. The molecule has 0 saturated carbocycles. The number of esters is 1. The molecule has 0 aliphatic heterocycles. The van der Waals surface area contributed by atoms with Crippen LogP contribution < -0.4 is 16.0 Å². The Hall–Kier alpha value is -5.24. The van der Waals surface area contributed by atoms with Crippen LogP contribution in [0.2, 0.25) is 0 Å². The molecule has 5 aromatic rings. The SMILES string of the molecule is CC(C)(C)OC(=O)C(CCC(F)(F)F)N=C(c1ccccc1)c1ccccc1.Cc1cc2c(cc1OCC(N)CCC(F)(F)F)c(=O)n(C)c1cnccc21. The highest BCUT2D eigenvalue weighted by molar-refractivity contribution is 6.13. The Kier molecular flexibility index (Phi) is 13.9. The first-order valence-electron chi connectivity index (χ1n) is 17.5. The average Bonchev–Trinajstić information content (AvgIpc) is 3.12. The van der Waals surface area contributed by atoms with Crippen molar-refractivity contribution in [1.29, 1.82) is 0 Å². The number of carbonyl (C=O) groups excluding carboxylic acids is 1. The third-order valence-electron chi connectivity index (χ3n) is 8.31. The fourth-order valence-corrected chi connectivity index (χ4v) is 5.61. The smallest absolute Gasteiger partial charge is 0.389 e. The number of carbonyl (C=O) groups is 1. The molecule has 2 aromatic heterocycles. The van der Waals surface area contributed by atoms with E-state index in [1.807, 2.05) is 79.7 Å². The first kappa shape index (κ1) is 42.5. The number of aliphatic imine (C=N–C) groups is 1. The Balaban J connectivity index is 0.000000245. The van der Waals surface area contributed by atoms with Crippen LogP contribution in [0.15, 0.2) is 101 Å². The van der Waals surface area contributed by atoms with Crippen LogP contribution in [0.4, 0.5) is 26.3 Å². The largest absolute Gasteiger partial charge is 0.492 e. The van der Waals surface area contributed by atoms with E-state index < -0.39 is 55.3 Å². The van der Waals surface area contributed by atoms with Crippen molar-refractivity contribution >= 4 is 33.4 Å². The Morgan fingerprint density at radius 1 is 0.836 bits per heavy atom. The van der Waals surface area contributed by atoms with Crippen LogP contribution in [-0.2, 0) is 16.6 Å². The number of pyridine rings is 2. The summed E-state index contributed by atoms with van der Waals surface area (Å²) >= 11 is 0. The van der Waals surface area contributed by atoms with Gasteiger partial charge in [-0.05, 0) is 69.7 Å². The van der Waals surface area contributed by atoms with Crippen molar-refractivity contribution in [3.63, 3.8) is 0 Å². The predicted octanol–water partition coefficient (Wildman–Crippen LogP) is 9.02. The average molecular weight is 771 g/mol. The summed E-state index contributed by atoms with van der Waals surface area (Å²) in [6.45, 7) is 6.78. The molecule has 2 N–H and O–H groups in total. The van der Waals surface area contributed by atoms with Gasteiger partial charge in [-0.2, -0.15) is 26.3 Å². The van der Waals surface area contributed by atoms with E-state index >= 15 is 0 Å². The first-order valence-corrected chi connectivity index (χ1v) is 17.5. The lowest BCUT2D eigenvalue weighted by Crippen LogP contribution is -2.32. The van der Waals surface area contributed by atoms with Gasteiger partial charge in [-0.1, -0.05) is 60.7 Å². The van der Waals surface area contributed by atoms with Gasteiger partial charge in [0, 0.05) is 48.6 Å². The van der Waals surface area contributed by atoms with Gasteiger partial charge < -0.3 is 19.8 Å². The molecule has 294 valence electrons. The van der Waals surface area contributed by atoms with Gasteiger partial charge in [0.2, 0.25) is 0 Å². The number of rotatable bonds is 11. The quantitative estimate of drug-likeness (QED) is 0.0622. The molecule has 2 atom stereocenters. The van der Waals surface area contributed by atoms with Gasteiger partial charge in [0.15, 0.2) is 0 Å². The van der Waals surface area contributed by atoms with Gasteiger partial charge in [-0.15, -0.1) is 0 Å². The zero-order valence-corrected chi connectivity index (χ0v) is 31.2. The number of benzene rings is 3. The lowest BCUT2D eigenvalue weighted by molar-refractivity contribution is -0.159. The van der Waals surface area contributed by atoms with E-state index in [0.29, 0.717) is 28.0 Å². The van der Waals surface area contributed by atoms with Crippen LogP contribution in [-0.4, -0.2) is 57.9 Å². The molecule has 55 heavy (non-hydrogen) atoms. The van der Waals surface area contributed by atoms with E-state index in [9.17, 15) is 35.9 Å². The molecule has 0 fully saturated rings. The molecule has 0 radical (unpaired) electrons. The molecule has 2 heterocycles. The van der Waals surface area contributed by atoms with Gasteiger partial charge in [-0.25, -0.2) is 4.79 Å². The summed E-state index contributed by atoms with van der Waals surface area (Å²) in [5.74, 6) is -0.323. The van der Waals surface area contributed by atoms with Crippen molar-refractivity contribution in [3.05, 3.63) is 118 Å². The Bertz CT molecular complexity index is 2100. The second-order valence-corrected chi connectivity index (χ2v) is 14.1. The van der Waals surface area contributed by atoms with E-state index in [0.717, 1.165) is 21.9 Å². The molecule has 8 nitrogen and oxygen atoms in total. The summed E-state index contributed by atoms with van der Waals surface area (Å²) in [6.07, 6.45) is -8.07. The maximum absolute atomic E-state index is 12.8. The van der Waals surface area contributed by atoms with Gasteiger partial charge in [0.05, 0.1) is 22.8 Å². The molecule has 0 amide bonds. The molecule has 3 aromatic carbocycles. The molecular weight excluding hydrogens is 726 g/mol. The monoisotopic (exact) mass is 770 g/mol. The van der Waals surface area contributed by atoms with E-state index in [-0.39, 0.29) is 18.6 Å².